The summed E-state index contributed by atoms with van der Waals surface area (Å²) in [5, 5.41) is 11.1. The molecule has 0 aliphatic carbocycles. The fourth-order valence-corrected chi connectivity index (χ4v) is 7.68. The number of nitrogens with one attached hydrogen (secondary N) is 1. The largest absolute Gasteiger partial charge is 0.472 e. The molecule has 0 aromatic carbocycles. The van der Waals surface area contributed by atoms with E-state index in [1.165, 1.54) is 15.5 Å². The van der Waals surface area contributed by atoms with Crippen molar-refractivity contribution in [3.05, 3.63) is 29.3 Å². The minimum Gasteiger partial charge on any atom is -0.387 e. The number of hydrogen-bond acceptors (Lipinski definition) is 17. The van der Waals surface area contributed by atoms with Crippen LogP contribution in [0.15, 0.2) is 23.8 Å². The lowest BCUT2D eigenvalue weighted by molar-refractivity contribution is -0.0619. The van der Waals surface area contributed by atoms with Gasteiger partial charge in [0.25, 0.3) is 5.56 Å². The summed E-state index contributed by atoms with van der Waals surface area (Å²) in [5.41, 5.74) is 10.8. The van der Waals surface area contributed by atoms with Crippen LogP contribution in [0.1, 0.15) is 12.5 Å². The highest BCUT2D eigenvalue weighted by atomic mass is 32.7. The minimum absolute atomic E-state index is 0.0165. The molecule has 3 fully saturated rings. The standard InChI is InChI=1S/C20H23FN10O11P2S/c21-8-12-7(40-18(8)30-4-26-9-14(22)24-3-25-15(9)30)2-38-44(36,45)42-13-11(32)6(1-37-43(34,35)41-12)39-19(13)31-5-27-10-16(31)28-20(23)29-17(10)33/h3-8,11-13,18-19,32H,1-2H2,(H,34,35)(H,36,45)(H2,22,24,25)(H3,23,28,29,33)/t6-,7-,8+,11+,12+,13+,18-,19-,44?/m1/s1. The monoisotopic (exact) mass is 692 g/mol. The molecule has 21 nitrogen and oxygen atoms in total. The summed E-state index contributed by atoms with van der Waals surface area (Å²) in [4.78, 5) is 45.1. The Bertz CT molecular complexity index is 1950. The Hall–Kier alpha value is -3.08. The van der Waals surface area contributed by atoms with E-state index in [0.29, 0.717) is 0 Å². The van der Waals surface area contributed by atoms with Crippen LogP contribution in [-0.2, 0) is 36.7 Å². The first-order valence-corrected chi connectivity index (χ1v) is 17.1. The number of nitrogen functional groups attached to an aromatic ring is 2. The van der Waals surface area contributed by atoms with E-state index in [2.05, 4.69) is 42.2 Å². The zero-order chi connectivity index (χ0) is 31.8. The molecule has 0 saturated carbocycles. The van der Waals surface area contributed by atoms with Crippen molar-refractivity contribution in [1.29, 1.82) is 0 Å². The maximum absolute atomic E-state index is 15.9. The van der Waals surface area contributed by atoms with Crippen LogP contribution in [0.25, 0.3) is 22.3 Å². The van der Waals surface area contributed by atoms with Crippen LogP contribution in [0.2, 0.25) is 0 Å². The molecule has 0 amide bonds. The summed E-state index contributed by atoms with van der Waals surface area (Å²) >= 11 is 4.01. The number of H-pyrrole nitrogens is 1. The average Bonchev–Trinajstić information content (AvgIpc) is 3.72. The number of alkyl halides is 1. The molecule has 0 spiro atoms. The average molecular weight is 692 g/mol. The van der Waals surface area contributed by atoms with Crippen molar-refractivity contribution in [3.63, 3.8) is 0 Å². The Morgan fingerprint density at radius 2 is 1.64 bits per heavy atom. The summed E-state index contributed by atoms with van der Waals surface area (Å²) in [6.07, 6.45) is -9.63. The van der Waals surface area contributed by atoms with E-state index in [-0.39, 0.29) is 34.1 Å². The maximum Gasteiger partial charge on any atom is 0.472 e. The molecule has 3 aliphatic rings. The molecule has 2 unspecified atom stereocenters. The van der Waals surface area contributed by atoms with Crippen molar-refractivity contribution < 1.29 is 51.1 Å². The molecule has 7 heterocycles. The van der Waals surface area contributed by atoms with Crippen LogP contribution < -0.4 is 17.0 Å². The third-order valence-corrected chi connectivity index (χ3v) is 9.88. The predicted octanol–water partition coefficient (Wildman–Crippen LogP) is -0.427. The third-order valence-electron chi connectivity index (χ3n) is 7.28. The van der Waals surface area contributed by atoms with Gasteiger partial charge >= 0.3 is 14.6 Å². The molecule has 3 saturated heterocycles. The van der Waals surface area contributed by atoms with Gasteiger partial charge in [0.05, 0.1) is 25.9 Å². The lowest BCUT2D eigenvalue weighted by Gasteiger charge is -2.26. The number of nitrogens with zero attached hydrogens (tertiary/aromatic N) is 7. The third kappa shape index (κ3) is 5.42. The van der Waals surface area contributed by atoms with Gasteiger partial charge in [-0.2, -0.15) is 4.98 Å². The molecule has 242 valence electrons. The first-order valence-electron chi connectivity index (χ1n) is 12.9. The second-order valence-corrected chi connectivity index (χ2v) is 14.4. The number of ether oxygens (including phenoxy) is 2. The van der Waals surface area contributed by atoms with Crippen LogP contribution in [0, 0.1) is 0 Å². The van der Waals surface area contributed by atoms with Gasteiger partial charge in [-0.05, 0) is 0 Å². The molecule has 3 aliphatic heterocycles. The number of aromatic nitrogens is 8. The van der Waals surface area contributed by atoms with E-state index in [0.717, 1.165) is 12.7 Å². The van der Waals surface area contributed by atoms with E-state index in [1.807, 2.05) is 0 Å². The number of aliphatic hydroxyl groups is 1. The molecular weight excluding hydrogens is 669 g/mol. The summed E-state index contributed by atoms with van der Waals surface area (Å²) in [6.45, 7) is -6.00. The van der Waals surface area contributed by atoms with E-state index < -0.39 is 82.5 Å². The molecule has 2 bridgehead atoms. The second kappa shape index (κ2) is 11.0. The molecule has 25 heteroatoms. The van der Waals surface area contributed by atoms with E-state index in [4.69, 9.17) is 39.0 Å². The van der Waals surface area contributed by atoms with Crippen molar-refractivity contribution >= 4 is 61.0 Å². The summed E-state index contributed by atoms with van der Waals surface area (Å²) in [5.74, 6) is -0.244. The number of imidazole rings is 2. The Balaban J connectivity index is 1.21. The number of fused-ring (bicyclic) bond motifs is 5. The van der Waals surface area contributed by atoms with Crippen LogP contribution >= 0.6 is 26.9 Å². The predicted molar refractivity (Wildman–Crippen MR) is 149 cm³/mol. The molecule has 10 atom stereocenters. The van der Waals surface area contributed by atoms with E-state index in [9.17, 15) is 23.9 Å². The number of phosphoric ester groups is 1. The number of thiol groups is 1. The number of anilines is 2. The van der Waals surface area contributed by atoms with Gasteiger partial charge in [-0.25, -0.2) is 33.5 Å². The fourth-order valence-electron chi connectivity index (χ4n) is 5.26. The normalized spacial score (nSPS) is 37.7. The summed E-state index contributed by atoms with van der Waals surface area (Å²) < 4.78 is 77.6. The second-order valence-electron chi connectivity index (χ2n) is 10.1. The number of aliphatic hydroxyl groups excluding tert-OH is 1. The van der Waals surface area contributed by atoms with Crippen LogP contribution in [0.3, 0.4) is 0 Å². The van der Waals surface area contributed by atoms with Gasteiger partial charge < -0.3 is 30.9 Å². The molecule has 0 radical (unpaired) electrons. The molecule has 4 aromatic rings. The van der Waals surface area contributed by atoms with E-state index in [1.54, 1.807) is 0 Å². The Kier molecular flexibility index (Phi) is 7.49. The van der Waals surface area contributed by atoms with Crippen LogP contribution in [-0.4, -0.2) is 98.9 Å². The highest BCUT2D eigenvalue weighted by Crippen LogP contribution is 2.58. The maximum atomic E-state index is 15.9. The fraction of sp³-hybridized carbons (Fsp3) is 0.500. The number of phosphoric acid groups is 1. The van der Waals surface area contributed by atoms with Crippen molar-refractivity contribution in [1.82, 2.24) is 39.0 Å². The van der Waals surface area contributed by atoms with Crippen LogP contribution in [0.4, 0.5) is 16.2 Å². The Morgan fingerprint density at radius 1 is 0.956 bits per heavy atom. The minimum atomic E-state index is -5.10. The Labute approximate surface area is 254 Å². The number of aromatic amines is 1. The number of halogens is 1. The van der Waals surface area contributed by atoms with E-state index >= 15 is 4.39 Å². The van der Waals surface area contributed by atoms with Crippen molar-refractivity contribution in [2.45, 2.75) is 49.1 Å². The first kappa shape index (κ1) is 30.6. The molecule has 4 aromatic heterocycles. The highest BCUT2D eigenvalue weighted by molar-refractivity contribution is 8.44. The molecule has 45 heavy (non-hydrogen) atoms. The summed E-state index contributed by atoms with van der Waals surface area (Å²) in [6, 6.07) is 0. The lowest BCUT2D eigenvalue weighted by atomic mass is 10.1. The lowest BCUT2D eigenvalue weighted by Crippen LogP contribution is -2.35. The van der Waals surface area contributed by atoms with Crippen molar-refractivity contribution in [3.8, 4) is 0 Å². The van der Waals surface area contributed by atoms with Gasteiger partial charge in [-0.1, -0.05) is 12.2 Å². The SMILES string of the molecule is Nc1nc2c(ncn2[C@@H]2O[C@@H]3COP(=O)(O)O[C@@H]4[C@H](F)[C@H](n5cnc6c(N)ncnc65)O[C@@H]4COP(=O)(S)O[C@H]2[C@H]3O)c(=O)[nH]1. The molecular formula is C20H23FN10O11P2S. The first-order chi connectivity index (χ1) is 21.3. The van der Waals surface area contributed by atoms with Gasteiger partial charge in [0.1, 0.15) is 42.4 Å². The molecule has 7 N–H and O–H groups in total. The molecule has 7 rings (SSSR count). The van der Waals surface area contributed by atoms with Gasteiger partial charge in [-0.15, -0.1) is 0 Å². The number of rotatable bonds is 2. The zero-order valence-electron chi connectivity index (χ0n) is 22.3. The summed E-state index contributed by atoms with van der Waals surface area (Å²) in [7, 11) is -5.10. The smallest absolute Gasteiger partial charge is 0.387 e. The van der Waals surface area contributed by atoms with Crippen LogP contribution in [0.5, 0.6) is 0 Å². The Morgan fingerprint density at radius 3 is 2.42 bits per heavy atom. The van der Waals surface area contributed by atoms with Gasteiger partial charge in [0.15, 0.2) is 41.3 Å². The van der Waals surface area contributed by atoms with Gasteiger partial charge in [-0.3, -0.25) is 37.0 Å². The van der Waals surface area contributed by atoms with Gasteiger partial charge in [0.2, 0.25) is 5.95 Å². The highest BCUT2D eigenvalue weighted by Gasteiger charge is 2.54. The zero-order valence-corrected chi connectivity index (χ0v) is 25.0. The quantitative estimate of drug-likeness (QED) is 0.115. The van der Waals surface area contributed by atoms with Gasteiger partial charge in [0, 0.05) is 0 Å². The number of hydrogen-bond donors (Lipinski definition) is 6. The van der Waals surface area contributed by atoms with Crippen molar-refractivity contribution in [2.75, 3.05) is 24.7 Å². The topological polar surface area (TPSA) is 289 Å². The van der Waals surface area contributed by atoms with Crippen molar-refractivity contribution in [2.24, 2.45) is 0 Å². The number of nitrogens with two attached hydrogens (primary N) is 2.